The van der Waals surface area contributed by atoms with Crippen LogP contribution in [-0.2, 0) is 16.0 Å². The smallest absolute Gasteiger partial charge is 0.341 e. The van der Waals surface area contributed by atoms with Crippen LogP contribution in [0.5, 0.6) is 0 Å². The predicted molar refractivity (Wildman–Crippen MR) is 71.9 cm³/mol. The summed E-state index contributed by atoms with van der Waals surface area (Å²) in [6.07, 6.45) is 1.54. The van der Waals surface area contributed by atoms with Crippen molar-refractivity contribution in [1.29, 1.82) is 0 Å². The number of aliphatic carboxylic acids is 1. The summed E-state index contributed by atoms with van der Waals surface area (Å²) >= 11 is 1.36. The molecular weight excluding hydrogens is 266 g/mol. The average molecular weight is 281 g/mol. The number of nitrogens with zero attached hydrogens (tertiary/aromatic N) is 1. The third-order valence-corrected chi connectivity index (χ3v) is 3.66. The fraction of sp³-hybridized carbons (Fsp3) is 0.385. The van der Waals surface area contributed by atoms with Gasteiger partial charge in [0.2, 0.25) is 0 Å². The van der Waals surface area contributed by atoms with Gasteiger partial charge >= 0.3 is 11.9 Å². The molecule has 0 aliphatic carbocycles. The Labute approximate surface area is 114 Å². The topological polar surface area (TPSA) is 68.0 Å². The Morgan fingerprint density at radius 3 is 2.74 bits per heavy atom. The molecule has 6 heteroatoms. The molecule has 0 aromatic carbocycles. The number of aryl methyl sites for hydroxylation is 1. The van der Waals surface area contributed by atoms with Crippen molar-refractivity contribution in [3.05, 3.63) is 28.4 Å². The summed E-state index contributed by atoms with van der Waals surface area (Å²) in [7, 11) is 0. The third kappa shape index (κ3) is 2.63. The average Bonchev–Trinajstić information content (AvgIpc) is 2.76. The molecule has 102 valence electrons. The van der Waals surface area contributed by atoms with E-state index >= 15 is 0 Å². The Morgan fingerprint density at radius 1 is 1.47 bits per heavy atom. The molecule has 0 spiro atoms. The predicted octanol–water partition coefficient (Wildman–Crippen LogP) is 2.50. The first-order valence-electron chi connectivity index (χ1n) is 5.91. The summed E-state index contributed by atoms with van der Waals surface area (Å²) in [6.45, 7) is 5.41. The van der Waals surface area contributed by atoms with E-state index in [0.29, 0.717) is 11.3 Å². The van der Waals surface area contributed by atoms with Crippen molar-refractivity contribution in [3.8, 4) is 0 Å². The van der Waals surface area contributed by atoms with Crippen molar-refractivity contribution in [2.45, 2.75) is 33.3 Å². The molecule has 1 N–H and O–H groups in total. The number of thiazole rings is 1. The Kier molecular flexibility index (Phi) is 3.61. The van der Waals surface area contributed by atoms with Crippen LogP contribution in [0.4, 0.5) is 0 Å². The molecule has 0 saturated carbocycles. The molecule has 2 aromatic heterocycles. The highest BCUT2D eigenvalue weighted by atomic mass is 32.1. The summed E-state index contributed by atoms with van der Waals surface area (Å²) in [4.78, 5) is 23.6. The summed E-state index contributed by atoms with van der Waals surface area (Å²) < 4.78 is 6.97. The van der Waals surface area contributed by atoms with Crippen LogP contribution in [0.2, 0.25) is 0 Å². The molecule has 5 nitrogen and oxygen atoms in total. The lowest BCUT2D eigenvalue weighted by atomic mass is 10.2. The molecule has 0 fully saturated rings. The number of ether oxygens (including phenoxy) is 1. The van der Waals surface area contributed by atoms with Gasteiger partial charge in [-0.2, -0.15) is 0 Å². The van der Waals surface area contributed by atoms with E-state index < -0.39 is 5.97 Å². The van der Waals surface area contributed by atoms with Crippen LogP contribution in [0, 0.1) is 6.92 Å². The summed E-state index contributed by atoms with van der Waals surface area (Å²) in [5.41, 5.74) is 1.98. The fourth-order valence-corrected chi connectivity index (χ4v) is 3.01. The first-order chi connectivity index (χ1) is 8.90. The number of carboxylic acids is 1. The van der Waals surface area contributed by atoms with Crippen molar-refractivity contribution in [1.82, 2.24) is 4.40 Å². The van der Waals surface area contributed by atoms with Crippen molar-refractivity contribution >= 4 is 28.1 Å². The summed E-state index contributed by atoms with van der Waals surface area (Å²) in [6, 6.07) is 0. The largest absolute Gasteiger partial charge is 0.481 e. The van der Waals surface area contributed by atoms with Crippen molar-refractivity contribution in [2.75, 3.05) is 0 Å². The number of rotatable bonds is 4. The van der Waals surface area contributed by atoms with Crippen molar-refractivity contribution < 1.29 is 19.4 Å². The second-order valence-electron chi connectivity index (χ2n) is 4.61. The molecule has 2 rings (SSSR count). The van der Waals surface area contributed by atoms with E-state index in [1.807, 2.05) is 6.92 Å². The number of hydrogen-bond donors (Lipinski definition) is 1. The minimum atomic E-state index is -0.891. The Hall–Kier alpha value is -1.82. The molecule has 0 atom stereocenters. The fourth-order valence-electron chi connectivity index (χ4n) is 1.92. The molecule has 0 bridgehead atoms. The van der Waals surface area contributed by atoms with Gasteiger partial charge in [0, 0.05) is 17.3 Å². The minimum absolute atomic E-state index is 0.0627. The van der Waals surface area contributed by atoms with Gasteiger partial charge in [-0.15, -0.1) is 11.3 Å². The molecule has 0 aliphatic rings. The van der Waals surface area contributed by atoms with Crippen LogP contribution in [0.1, 0.15) is 35.5 Å². The van der Waals surface area contributed by atoms with Gasteiger partial charge in [-0.05, 0) is 26.3 Å². The maximum atomic E-state index is 12.0. The SMILES string of the molecule is Cc1cn2c(CC(=O)O)csc2c1C(=O)OC(C)C. The molecule has 0 radical (unpaired) electrons. The van der Waals surface area contributed by atoms with Crippen LogP contribution < -0.4 is 0 Å². The molecular formula is C13H15NO4S. The van der Waals surface area contributed by atoms with E-state index in [4.69, 9.17) is 9.84 Å². The number of hydrogen-bond acceptors (Lipinski definition) is 4. The molecule has 0 unspecified atom stereocenters. The number of carbonyl (C=O) groups excluding carboxylic acids is 1. The van der Waals surface area contributed by atoms with E-state index in [1.54, 1.807) is 29.8 Å². The van der Waals surface area contributed by atoms with Gasteiger partial charge in [0.25, 0.3) is 0 Å². The first kappa shape index (κ1) is 13.6. The highest BCUT2D eigenvalue weighted by Crippen LogP contribution is 2.27. The Bertz CT molecular complexity index is 638. The normalized spacial score (nSPS) is 11.2. The van der Waals surface area contributed by atoms with Crippen molar-refractivity contribution in [2.24, 2.45) is 0 Å². The van der Waals surface area contributed by atoms with Gasteiger partial charge in [0.15, 0.2) is 0 Å². The van der Waals surface area contributed by atoms with E-state index in [1.165, 1.54) is 11.3 Å². The monoisotopic (exact) mass is 281 g/mol. The van der Waals surface area contributed by atoms with Gasteiger partial charge in [-0.3, -0.25) is 4.79 Å². The van der Waals surface area contributed by atoms with Crippen LogP contribution in [0.3, 0.4) is 0 Å². The van der Waals surface area contributed by atoms with E-state index in [9.17, 15) is 9.59 Å². The number of fused-ring (bicyclic) bond motifs is 1. The molecule has 2 aromatic rings. The van der Waals surface area contributed by atoms with E-state index in [-0.39, 0.29) is 18.5 Å². The van der Waals surface area contributed by atoms with Gasteiger partial charge in [-0.1, -0.05) is 0 Å². The second kappa shape index (κ2) is 5.05. The van der Waals surface area contributed by atoms with Crippen LogP contribution in [0.15, 0.2) is 11.6 Å². The maximum absolute atomic E-state index is 12.0. The van der Waals surface area contributed by atoms with Gasteiger partial charge in [0.05, 0.1) is 18.1 Å². The van der Waals surface area contributed by atoms with E-state index in [0.717, 1.165) is 10.4 Å². The van der Waals surface area contributed by atoms with Gasteiger partial charge in [0.1, 0.15) is 4.83 Å². The highest BCUT2D eigenvalue weighted by molar-refractivity contribution is 7.16. The lowest BCUT2D eigenvalue weighted by Crippen LogP contribution is -2.11. The first-order valence-corrected chi connectivity index (χ1v) is 6.79. The third-order valence-electron chi connectivity index (χ3n) is 2.64. The zero-order valence-electron chi connectivity index (χ0n) is 11.0. The standard InChI is InChI=1S/C13H15NO4S/c1-7(2)18-13(17)11-8(3)5-14-9(4-10(15)16)6-19-12(11)14/h5-7H,4H2,1-3H3,(H,15,16). The molecule has 0 aliphatic heterocycles. The molecule has 0 amide bonds. The van der Waals surface area contributed by atoms with E-state index in [2.05, 4.69) is 0 Å². The van der Waals surface area contributed by atoms with Crippen molar-refractivity contribution in [3.63, 3.8) is 0 Å². The number of esters is 1. The van der Waals surface area contributed by atoms with Crippen LogP contribution in [-0.4, -0.2) is 27.5 Å². The summed E-state index contributed by atoms with van der Waals surface area (Å²) in [5.74, 6) is -1.25. The molecule has 0 saturated heterocycles. The zero-order valence-corrected chi connectivity index (χ0v) is 11.8. The zero-order chi connectivity index (χ0) is 14.2. The van der Waals surface area contributed by atoms with Crippen LogP contribution >= 0.6 is 11.3 Å². The molecule has 19 heavy (non-hydrogen) atoms. The summed E-state index contributed by atoms with van der Waals surface area (Å²) in [5, 5.41) is 10.6. The molecule has 2 heterocycles. The Morgan fingerprint density at radius 2 is 2.16 bits per heavy atom. The number of carboxylic acid groups (broad SMARTS) is 1. The maximum Gasteiger partial charge on any atom is 0.341 e. The van der Waals surface area contributed by atoms with Gasteiger partial charge in [-0.25, -0.2) is 4.79 Å². The lowest BCUT2D eigenvalue weighted by Gasteiger charge is -2.07. The minimum Gasteiger partial charge on any atom is -0.481 e. The number of carbonyl (C=O) groups is 2. The van der Waals surface area contributed by atoms with Crippen LogP contribution in [0.25, 0.3) is 4.83 Å². The Balaban J connectivity index is 2.45. The highest BCUT2D eigenvalue weighted by Gasteiger charge is 2.21. The second-order valence-corrected chi connectivity index (χ2v) is 5.47. The number of aromatic nitrogens is 1. The quantitative estimate of drug-likeness (QED) is 0.874. The van der Waals surface area contributed by atoms with Gasteiger partial charge < -0.3 is 14.2 Å². The lowest BCUT2D eigenvalue weighted by molar-refractivity contribution is -0.136.